The van der Waals surface area contributed by atoms with Crippen LogP contribution in [-0.2, 0) is 27.3 Å². The summed E-state index contributed by atoms with van der Waals surface area (Å²) in [6.07, 6.45) is 2.42. The fraction of sp³-hybridized carbons (Fsp3) is 0.281. The third-order valence-electron chi connectivity index (χ3n) is 7.74. The first kappa shape index (κ1) is 29.6. The molecule has 0 unspecified atom stereocenters. The minimum absolute atomic E-state index is 0.145. The summed E-state index contributed by atoms with van der Waals surface area (Å²) < 4.78 is 22.9. The van der Waals surface area contributed by atoms with Gasteiger partial charge in [0, 0.05) is 49.2 Å². The van der Waals surface area contributed by atoms with Crippen LogP contribution in [0.2, 0.25) is 0 Å². The molecule has 1 aliphatic rings. The van der Waals surface area contributed by atoms with Gasteiger partial charge in [0.25, 0.3) is 0 Å². The Kier molecular flexibility index (Phi) is 7.83. The first-order chi connectivity index (χ1) is 21.6. The largest absolute Gasteiger partial charge is 0.501 e. The van der Waals surface area contributed by atoms with Gasteiger partial charge in [-0.1, -0.05) is 18.7 Å². The number of benzene rings is 1. The highest BCUT2D eigenvalue weighted by molar-refractivity contribution is 6.06. The van der Waals surface area contributed by atoms with E-state index >= 15 is 0 Å². The van der Waals surface area contributed by atoms with E-state index in [0.29, 0.717) is 28.8 Å². The molecule has 12 nitrogen and oxygen atoms in total. The smallest absolute Gasteiger partial charge is 0.248 e. The highest BCUT2D eigenvalue weighted by atomic mass is 19.1. The van der Waals surface area contributed by atoms with Gasteiger partial charge in [0.1, 0.15) is 30.3 Å². The van der Waals surface area contributed by atoms with E-state index in [1.165, 1.54) is 23.6 Å². The number of alkyl halides is 1. The molecular formula is C32H31FN8O4. The Morgan fingerprint density at radius 3 is 2.73 bits per heavy atom. The number of nitrogens with zero attached hydrogens (tertiary/aromatic N) is 7. The van der Waals surface area contributed by atoms with E-state index in [1.807, 2.05) is 31.3 Å². The predicted molar refractivity (Wildman–Crippen MR) is 164 cm³/mol. The van der Waals surface area contributed by atoms with E-state index in [2.05, 4.69) is 32.1 Å². The maximum atomic E-state index is 14.6. The standard InChI is InChI=1S/C32H31FN8O4/c1-18-10-29-34-14-22(15-41(29)37-18)21-8-9-26-25(12-21)31(20(3)42)38-40(26)17-30(43)39-16-23(33)13-27(39)32(44)36-28-7-5-6-24(35-28)11-19(2)45-4/h5-10,12,14-15,23,27H,2,11,13,16-17H2,1,3-4H3,(H,35,36,44)/t23-,27+/m1/s1. The van der Waals surface area contributed by atoms with E-state index < -0.39 is 24.0 Å². The average molecular weight is 611 g/mol. The molecular weight excluding hydrogens is 579 g/mol. The summed E-state index contributed by atoms with van der Waals surface area (Å²) in [6.45, 7) is 6.56. The Morgan fingerprint density at radius 2 is 1.96 bits per heavy atom. The maximum Gasteiger partial charge on any atom is 0.248 e. The fourth-order valence-corrected chi connectivity index (χ4v) is 5.54. The van der Waals surface area contributed by atoms with Crippen LogP contribution in [0.5, 0.6) is 0 Å². The summed E-state index contributed by atoms with van der Waals surface area (Å²) in [5.41, 5.74) is 4.52. The summed E-state index contributed by atoms with van der Waals surface area (Å²) in [5.74, 6) is -0.535. The molecule has 1 saturated heterocycles. The number of hydrogen-bond acceptors (Lipinski definition) is 8. The average Bonchev–Trinajstić information content (AvgIpc) is 3.70. The molecule has 2 amide bonds. The zero-order valence-electron chi connectivity index (χ0n) is 25.0. The van der Waals surface area contributed by atoms with Crippen molar-refractivity contribution in [3.63, 3.8) is 0 Å². The molecule has 1 N–H and O–H groups in total. The lowest BCUT2D eigenvalue weighted by Crippen LogP contribution is -2.44. The summed E-state index contributed by atoms with van der Waals surface area (Å²) >= 11 is 0. The second-order valence-corrected chi connectivity index (χ2v) is 11.0. The Labute approximate surface area is 257 Å². The highest BCUT2D eigenvalue weighted by Gasteiger charge is 2.40. The number of amides is 2. The van der Waals surface area contributed by atoms with Crippen LogP contribution >= 0.6 is 0 Å². The van der Waals surface area contributed by atoms with Gasteiger partial charge in [0.15, 0.2) is 11.4 Å². The van der Waals surface area contributed by atoms with Crippen LogP contribution in [0.3, 0.4) is 0 Å². The number of anilines is 1. The molecule has 6 rings (SSSR count). The van der Waals surface area contributed by atoms with Crippen molar-refractivity contribution in [2.45, 2.75) is 45.4 Å². The zero-order chi connectivity index (χ0) is 31.8. The molecule has 5 heterocycles. The van der Waals surface area contributed by atoms with E-state index in [0.717, 1.165) is 22.5 Å². The number of rotatable bonds is 9. The number of aromatic nitrogens is 6. The molecule has 0 bridgehead atoms. The van der Waals surface area contributed by atoms with E-state index in [1.54, 1.807) is 35.0 Å². The number of Topliss-reactive ketones (excluding diaryl/α,β-unsaturated/α-hetero) is 1. The van der Waals surface area contributed by atoms with Gasteiger partial charge < -0.3 is 15.0 Å². The van der Waals surface area contributed by atoms with E-state index in [-0.39, 0.29) is 36.8 Å². The minimum atomic E-state index is -1.37. The number of carbonyl (C=O) groups is 3. The number of nitrogens with one attached hydrogen (secondary N) is 1. The summed E-state index contributed by atoms with van der Waals surface area (Å²) in [7, 11) is 1.51. The van der Waals surface area contributed by atoms with Gasteiger partial charge in [-0.2, -0.15) is 10.2 Å². The number of hydrogen-bond donors (Lipinski definition) is 1. The second kappa shape index (κ2) is 11.9. The molecule has 45 heavy (non-hydrogen) atoms. The SMILES string of the molecule is C=C(Cc1cccc(NC(=O)[C@@H]2C[C@@H](F)CN2C(=O)Cn2nc(C(C)=O)c3cc(-c4cnc5cc(C)nn5c4)ccc32)n1)OC. The third-order valence-corrected chi connectivity index (χ3v) is 7.74. The van der Waals surface area contributed by atoms with Crippen LogP contribution in [0.15, 0.2) is 67.2 Å². The Hall–Kier alpha value is -5.46. The van der Waals surface area contributed by atoms with Crippen LogP contribution in [0.4, 0.5) is 10.2 Å². The van der Waals surface area contributed by atoms with Crippen LogP contribution < -0.4 is 5.32 Å². The topological polar surface area (TPSA) is 137 Å². The van der Waals surface area contributed by atoms with Crippen molar-refractivity contribution in [1.82, 2.24) is 34.3 Å². The number of carbonyl (C=O) groups excluding carboxylic acids is 3. The van der Waals surface area contributed by atoms with Crippen LogP contribution in [0.1, 0.15) is 35.2 Å². The number of allylic oxidation sites excluding steroid dienone is 1. The molecule has 0 spiro atoms. The minimum Gasteiger partial charge on any atom is -0.501 e. The number of aryl methyl sites for hydroxylation is 1. The van der Waals surface area contributed by atoms with Gasteiger partial charge >= 0.3 is 0 Å². The monoisotopic (exact) mass is 610 g/mol. The Bertz CT molecular complexity index is 1980. The number of fused-ring (bicyclic) bond motifs is 2. The summed E-state index contributed by atoms with van der Waals surface area (Å²) in [4.78, 5) is 49.5. The quantitative estimate of drug-likeness (QED) is 0.196. The maximum absolute atomic E-state index is 14.6. The van der Waals surface area contributed by atoms with Crippen molar-refractivity contribution in [2.75, 3.05) is 19.0 Å². The first-order valence-corrected chi connectivity index (χ1v) is 14.4. The molecule has 230 valence electrons. The highest BCUT2D eigenvalue weighted by Crippen LogP contribution is 2.28. The van der Waals surface area contributed by atoms with Gasteiger partial charge in [-0.25, -0.2) is 18.9 Å². The van der Waals surface area contributed by atoms with E-state index in [4.69, 9.17) is 4.74 Å². The van der Waals surface area contributed by atoms with E-state index in [9.17, 15) is 18.8 Å². The molecule has 0 saturated carbocycles. The molecule has 2 atom stereocenters. The number of likely N-dealkylation sites (tertiary alicyclic amines) is 1. The van der Waals surface area contributed by atoms with Crippen molar-refractivity contribution in [2.24, 2.45) is 0 Å². The normalized spacial score (nSPS) is 16.3. The number of ketones is 1. The lowest BCUT2D eigenvalue weighted by molar-refractivity contribution is -0.137. The number of pyridine rings is 1. The van der Waals surface area contributed by atoms with Crippen molar-refractivity contribution < 1.29 is 23.5 Å². The molecule has 1 aromatic carbocycles. The molecule has 1 fully saturated rings. The predicted octanol–water partition coefficient (Wildman–Crippen LogP) is 3.93. The molecule has 4 aromatic heterocycles. The molecule has 13 heteroatoms. The lowest BCUT2D eigenvalue weighted by atomic mass is 10.0. The van der Waals surface area contributed by atoms with Crippen LogP contribution in [0, 0.1) is 6.92 Å². The van der Waals surface area contributed by atoms with Crippen molar-refractivity contribution in [3.8, 4) is 11.1 Å². The fourth-order valence-electron chi connectivity index (χ4n) is 5.54. The third kappa shape index (κ3) is 6.01. The Morgan fingerprint density at radius 1 is 1.13 bits per heavy atom. The molecule has 0 radical (unpaired) electrons. The van der Waals surface area contributed by atoms with Gasteiger partial charge in [0.2, 0.25) is 11.8 Å². The van der Waals surface area contributed by atoms with Crippen LogP contribution in [-0.4, -0.2) is 77.7 Å². The van der Waals surface area contributed by atoms with Crippen molar-refractivity contribution in [3.05, 3.63) is 84.3 Å². The van der Waals surface area contributed by atoms with Crippen molar-refractivity contribution >= 4 is 40.0 Å². The summed E-state index contributed by atoms with van der Waals surface area (Å²) in [6, 6.07) is 11.4. The van der Waals surface area contributed by atoms with Crippen molar-refractivity contribution in [1.29, 1.82) is 0 Å². The number of ether oxygens (including phenoxy) is 1. The van der Waals surface area contributed by atoms with Gasteiger partial charge in [0.05, 0.1) is 36.3 Å². The van der Waals surface area contributed by atoms with Gasteiger partial charge in [-0.05, 0) is 36.8 Å². The Balaban J connectivity index is 1.23. The van der Waals surface area contributed by atoms with Crippen LogP contribution in [0.25, 0.3) is 27.7 Å². The molecule has 1 aliphatic heterocycles. The molecule has 0 aliphatic carbocycles. The lowest BCUT2D eigenvalue weighted by Gasteiger charge is -2.23. The zero-order valence-corrected chi connectivity index (χ0v) is 25.0. The second-order valence-electron chi connectivity index (χ2n) is 11.0. The summed E-state index contributed by atoms with van der Waals surface area (Å²) in [5, 5.41) is 12.1. The first-order valence-electron chi connectivity index (χ1n) is 14.4. The van der Waals surface area contributed by atoms with Gasteiger partial charge in [-0.3, -0.25) is 19.1 Å². The molecule has 5 aromatic rings. The van der Waals surface area contributed by atoms with Gasteiger partial charge in [-0.15, -0.1) is 0 Å². The number of methoxy groups -OCH3 is 1. The number of halogens is 1.